The summed E-state index contributed by atoms with van der Waals surface area (Å²) in [5.74, 6) is -0.374. The molecule has 1 unspecified atom stereocenters. The van der Waals surface area contributed by atoms with E-state index in [1.807, 2.05) is 0 Å². The van der Waals surface area contributed by atoms with E-state index in [2.05, 4.69) is 6.58 Å². The van der Waals surface area contributed by atoms with E-state index in [0.29, 0.717) is 30.9 Å². The minimum absolute atomic E-state index is 0.0929. The lowest BCUT2D eigenvalue weighted by molar-refractivity contribution is 0.0526. The van der Waals surface area contributed by atoms with Crippen LogP contribution < -0.4 is 4.90 Å². The number of hydrogen-bond donors (Lipinski definition) is 0. The number of cyclic esters (lactones) is 1. The number of nitrogens with zero attached hydrogens (tertiary/aromatic N) is 1. The molecule has 0 aromatic heterocycles. The molecule has 1 saturated heterocycles. The summed E-state index contributed by atoms with van der Waals surface area (Å²) in [6, 6.07) is 6.58. The maximum Gasteiger partial charge on any atom is 0.414 e. The average Bonchev–Trinajstić information content (AvgIpc) is 2.47. The second kappa shape index (κ2) is 6.23. The van der Waals surface area contributed by atoms with Crippen LogP contribution in [0.3, 0.4) is 0 Å². The Morgan fingerprint density at radius 1 is 1.50 bits per heavy atom. The predicted molar refractivity (Wildman–Crippen MR) is 74.8 cm³/mol. The number of hydrogen-bond acceptors (Lipinski definition) is 4. The molecule has 1 aliphatic rings. The smallest absolute Gasteiger partial charge is 0.414 e. The molecule has 2 rings (SSSR count). The van der Waals surface area contributed by atoms with Crippen LogP contribution in [-0.2, 0) is 9.47 Å². The van der Waals surface area contributed by atoms with Gasteiger partial charge in [0.05, 0.1) is 24.8 Å². The highest BCUT2D eigenvalue weighted by Crippen LogP contribution is 2.24. The van der Waals surface area contributed by atoms with Gasteiger partial charge in [0, 0.05) is 12.1 Å². The SMILES string of the molecule is C=CC1CCOC(=O)N1c1ccc(C(=O)OCC)cc1. The van der Waals surface area contributed by atoms with Crippen molar-refractivity contribution in [3.05, 3.63) is 42.5 Å². The van der Waals surface area contributed by atoms with Crippen molar-refractivity contribution in [2.24, 2.45) is 0 Å². The monoisotopic (exact) mass is 275 g/mol. The van der Waals surface area contributed by atoms with Gasteiger partial charge in [-0.3, -0.25) is 4.90 Å². The lowest BCUT2D eigenvalue weighted by Crippen LogP contribution is -2.44. The topological polar surface area (TPSA) is 55.8 Å². The van der Waals surface area contributed by atoms with Gasteiger partial charge in [0.1, 0.15) is 0 Å². The van der Waals surface area contributed by atoms with E-state index in [1.54, 1.807) is 37.3 Å². The van der Waals surface area contributed by atoms with Crippen LogP contribution in [0.5, 0.6) is 0 Å². The Kier molecular flexibility index (Phi) is 4.40. The molecule has 5 heteroatoms. The minimum Gasteiger partial charge on any atom is -0.462 e. The zero-order valence-electron chi connectivity index (χ0n) is 11.4. The first-order valence-electron chi connectivity index (χ1n) is 6.53. The molecule has 1 aromatic rings. The second-order valence-electron chi connectivity index (χ2n) is 4.34. The van der Waals surface area contributed by atoms with Gasteiger partial charge in [-0.1, -0.05) is 6.08 Å². The van der Waals surface area contributed by atoms with Crippen LogP contribution in [0.1, 0.15) is 23.7 Å². The van der Waals surface area contributed by atoms with Gasteiger partial charge in [-0.25, -0.2) is 9.59 Å². The van der Waals surface area contributed by atoms with Gasteiger partial charge in [0.15, 0.2) is 0 Å². The van der Waals surface area contributed by atoms with Gasteiger partial charge in [-0.15, -0.1) is 6.58 Å². The molecule has 20 heavy (non-hydrogen) atoms. The van der Waals surface area contributed by atoms with Crippen molar-refractivity contribution >= 4 is 17.7 Å². The maximum absolute atomic E-state index is 11.8. The van der Waals surface area contributed by atoms with E-state index in [1.165, 1.54) is 4.90 Å². The first kappa shape index (κ1) is 14.1. The van der Waals surface area contributed by atoms with Crippen LogP contribution in [0.15, 0.2) is 36.9 Å². The zero-order chi connectivity index (χ0) is 14.5. The molecule has 1 aliphatic heterocycles. The lowest BCUT2D eigenvalue weighted by Gasteiger charge is -2.33. The fourth-order valence-electron chi connectivity index (χ4n) is 2.09. The van der Waals surface area contributed by atoms with Crippen LogP contribution in [0, 0.1) is 0 Å². The van der Waals surface area contributed by atoms with Crippen molar-refractivity contribution in [2.75, 3.05) is 18.1 Å². The van der Waals surface area contributed by atoms with Crippen molar-refractivity contribution in [2.45, 2.75) is 19.4 Å². The number of ether oxygens (including phenoxy) is 2. The lowest BCUT2D eigenvalue weighted by atomic mass is 10.1. The van der Waals surface area contributed by atoms with Crippen molar-refractivity contribution in [1.29, 1.82) is 0 Å². The zero-order valence-corrected chi connectivity index (χ0v) is 11.4. The summed E-state index contributed by atoms with van der Waals surface area (Å²) >= 11 is 0. The van der Waals surface area contributed by atoms with Crippen LogP contribution in [-0.4, -0.2) is 31.3 Å². The van der Waals surface area contributed by atoms with Gasteiger partial charge >= 0.3 is 12.1 Å². The number of carbonyl (C=O) groups excluding carboxylic acids is 2. The van der Waals surface area contributed by atoms with Crippen LogP contribution in [0.4, 0.5) is 10.5 Å². The molecule has 5 nitrogen and oxygen atoms in total. The van der Waals surface area contributed by atoms with Crippen molar-refractivity contribution in [3.63, 3.8) is 0 Å². The molecule has 106 valence electrons. The highest BCUT2D eigenvalue weighted by atomic mass is 16.6. The summed E-state index contributed by atoms with van der Waals surface area (Å²) in [5.41, 5.74) is 1.13. The van der Waals surface area contributed by atoms with E-state index >= 15 is 0 Å². The maximum atomic E-state index is 11.8. The van der Waals surface area contributed by atoms with Crippen molar-refractivity contribution in [3.8, 4) is 0 Å². The fourth-order valence-corrected chi connectivity index (χ4v) is 2.09. The molecule has 0 bridgehead atoms. The number of carbonyl (C=O) groups is 2. The molecule has 0 radical (unpaired) electrons. The molecule has 0 N–H and O–H groups in total. The quantitative estimate of drug-likeness (QED) is 0.626. The Hall–Kier alpha value is -2.30. The third-order valence-electron chi connectivity index (χ3n) is 3.10. The van der Waals surface area contributed by atoms with Gasteiger partial charge in [-0.05, 0) is 31.2 Å². The first-order valence-corrected chi connectivity index (χ1v) is 6.53. The Bertz CT molecular complexity index is 509. The van der Waals surface area contributed by atoms with Crippen LogP contribution in [0.2, 0.25) is 0 Å². The Labute approximate surface area is 117 Å². The molecular weight excluding hydrogens is 258 g/mol. The Morgan fingerprint density at radius 2 is 2.20 bits per heavy atom. The third kappa shape index (κ3) is 2.82. The molecule has 0 aliphatic carbocycles. The third-order valence-corrected chi connectivity index (χ3v) is 3.10. The average molecular weight is 275 g/mol. The number of anilines is 1. The van der Waals surface area contributed by atoms with Gasteiger partial charge in [0.25, 0.3) is 0 Å². The van der Waals surface area contributed by atoms with Crippen molar-refractivity contribution < 1.29 is 19.1 Å². The Morgan fingerprint density at radius 3 is 2.80 bits per heavy atom. The van der Waals surface area contributed by atoms with Gasteiger partial charge < -0.3 is 9.47 Å². The standard InChI is InChI=1S/C15H17NO4/c1-3-12-9-10-20-15(18)16(12)13-7-5-11(6-8-13)14(17)19-4-2/h3,5-8,12H,1,4,9-10H2,2H3. The summed E-state index contributed by atoms with van der Waals surface area (Å²) in [7, 11) is 0. The summed E-state index contributed by atoms with van der Waals surface area (Å²) < 4.78 is 9.96. The molecule has 1 atom stereocenters. The Balaban J connectivity index is 2.21. The highest BCUT2D eigenvalue weighted by Gasteiger charge is 2.29. The van der Waals surface area contributed by atoms with Crippen LogP contribution >= 0.6 is 0 Å². The second-order valence-corrected chi connectivity index (χ2v) is 4.34. The number of esters is 1. The molecule has 1 aromatic carbocycles. The fraction of sp³-hybridized carbons (Fsp3) is 0.333. The molecule has 1 fully saturated rings. The number of amides is 1. The van der Waals surface area contributed by atoms with E-state index in [9.17, 15) is 9.59 Å². The van der Waals surface area contributed by atoms with E-state index < -0.39 is 6.09 Å². The van der Waals surface area contributed by atoms with Crippen molar-refractivity contribution in [1.82, 2.24) is 0 Å². The van der Waals surface area contributed by atoms with Gasteiger partial charge in [0.2, 0.25) is 0 Å². The normalized spacial score (nSPS) is 18.4. The summed E-state index contributed by atoms with van der Waals surface area (Å²) in [6.45, 7) is 6.22. The highest BCUT2D eigenvalue weighted by molar-refractivity contribution is 5.92. The first-order chi connectivity index (χ1) is 9.67. The van der Waals surface area contributed by atoms with E-state index in [4.69, 9.17) is 9.47 Å². The predicted octanol–water partition coefficient (Wildman–Crippen LogP) is 2.76. The molecule has 0 saturated carbocycles. The summed E-state index contributed by atoms with van der Waals surface area (Å²) in [5, 5.41) is 0. The summed E-state index contributed by atoms with van der Waals surface area (Å²) in [4.78, 5) is 25.0. The largest absolute Gasteiger partial charge is 0.462 e. The van der Waals surface area contributed by atoms with E-state index in [0.717, 1.165) is 0 Å². The number of rotatable bonds is 4. The molecular formula is C15H17NO4. The van der Waals surface area contributed by atoms with Crippen LogP contribution in [0.25, 0.3) is 0 Å². The molecule has 1 amide bonds. The molecule has 1 heterocycles. The molecule has 0 spiro atoms. The summed E-state index contributed by atoms with van der Waals surface area (Å²) in [6.07, 6.45) is 2.03. The minimum atomic E-state index is -0.398. The van der Waals surface area contributed by atoms with E-state index in [-0.39, 0.29) is 12.0 Å². The number of benzene rings is 1. The van der Waals surface area contributed by atoms with Gasteiger partial charge in [-0.2, -0.15) is 0 Å².